The average molecular weight is 412 g/mol. The molecule has 1 N–H and O–H groups in total. The maximum atomic E-state index is 13.6. The predicted octanol–water partition coefficient (Wildman–Crippen LogP) is 3.54. The smallest absolute Gasteiger partial charge is 0.274 e. The molecule has 13 heteroatoms. The first-order chi connectivity index (χ1) is 12.5. The summed E-state index contributed by atoms with van der Waals surface area (Å²) in [5.74, 6) is -13.0. The van der Waals surface area contributed by atoms with Gasteiger partial charge in [-0.15, -0.1) is 0 Å². The Morgan fingerprint density at radius 3 is 1.78 bits per heavy atom. The fraction of sp³-hybridized carbons (Fsp3) is 0. The van der Waals surface area contributed by atoms with Crippen LogP contribution in [0.25, 0.3) is 6.08 Å². The Labute approximate surface area is 146 Å². The van der Waals surface area contributed by atoms with Crippen LogP contribution in [0, 0.1) is 45.0 Å². The van der Waals surface area contributed by atoms with E-state index in [2.05, 4.69) is 0 Å². The Morgan fingerprint density at radius 1 is 0.889 bits per heavy atom. The van der Waals surface area contributed by atoms with Crippen LogP contribution in [-0.2, 0) is 10.0 Å². The van der Waals surface area contributed by atoms with E-state index in [9.17, 15) is 44.9 Å². The zero-order chi connectivity index (χ0) is 20.5. The number of halogens is 6. The van der Waals surface area contributed by atoms with Gasteiger partial charge in [-0.3, -0.25) is 14.8 Å². The molecule has 0 bridgehead atoms. The van der Waals surface area contributed by atoms with Crippen LogP contribution in [0.15, 0.2) is 29.3 Å². The van der Waals surface area contributed by atoms with Gasteiger partial charge in [-0.25, -0.2) is 26.3 Å². The molecule has 2 rings (SSSR count). The van der Waals surface area contributed by atoms with Gasteiger partial charge in [-0.1, -0.05) is 0 Å². The van der Waals surface area contributed by atoms with Crippen LogP contribution >= 0.6 is 0 Å². The maximum Gasteiger partial charge on any atom is 0.379 e. The molecule has 27 heavy (non-hydrogen) atoms. The van der Waals surface area contributed by atoms with Crippen molar-refractivity contribution in [2.24, 2.45) is 0 Å². The van der Waals surface area contributed by atoms with E-state index in [1.165, 1.54) is 0 Å². The lowest BCUT2D eigenvalue weighted by molar-refractivity contribution is -0.410. The molecule has 0 radical (unpaired) electrons. The highest BCUT2D eigenvalue weighted by Crippen LogP contribution is 2.26. The number of sulfonamides is 1. The quantitative estimate of drug-likeness (QED) is 0.268. The number of hydrogen-bond acceptors (Lipinski definition) is 4. The van der Waals surface area contributed by atoms with Crippen LogP contribution in [0.3, 0.4) is 0 Å². The molecule has 144 valence electrons. The maximum absolute atomic E-state index is 13.6. The van der Waals surface area contributed by atoms with Crippen molar-refractivity contribution in [3.63, 3.8) is 0 Å². The molecule has 0 atom stereocenters. The summed E-state index contributed by atoms with van der Waals surface area (Å²) >= 11 is 0. The van der Waals surface area contributed by atoms with E-state index in [1.54, 1.807) is 4.72 Å². The van der Waals surface area contributed by atoms with Gasteiger partial charge < -0.3 is 0 Å². The fourth-order valence-electron chi connectivity index (χ4n) is 1.83. The SMILES string of the molecule is O=[N+]([O-])C(=Cc1c(F)c(F)c(F)c(F)c1F)S(=O)(=O)Nc1ccc(F)cc1. The topological polar surface area (TPSA) is 89.3 Å². The van der Waals surface area contributed by atoms with Crippen molar-refractivity contribution in [2.75, 3.05) is 4.72 Å². The third-order valence-electron chi connectivity index (χ3n) is 3.06. The van der Waals surface area contributed by atoms with Crippen LogP contribution in [0.2, 0.25) is 0 Å². The van der Waals surface area contributed by atoms with Crippen LogP contribution in [0.1, 0.15) is 5.56 Å². The summed E-state index contributed by atoms with van der Waals surface area (Å²) in [4.78, 5) is 9.40. The summed E-state index contributed by atoms with van der Waals surface area (Å²) in [7, 11) is -5.14. The second-order valence-corrected chi connectivity index (χ2v) is 6.46. The molecule has 6 nitrogen and oxygen atoms in total. The zero-order valence-corrected chi connectivity index (χ0v) is 13.5. The third kappa shape index (κ3) is 4.02. The molecule has 0 fully saturated rings. The van der Waals surface area contributed by atoms with E-state index in [1.807, 2.05) is 0 Å². The van der Waals surface area contributed by atoms with Crippen molar-refractivity contribution in [1.82, 2.24) is 0 Å². The van der Waals surface area contributed by atoms with E-state index >= 15 is 0 Å². The Bertz CT molecular complexity index is 1030. The first kappa shape index (κ1) is 20.2. The highest BCUT2D eigenvalue weighted by molar-refractivity contribution is 7.96. The average Bonchev–Trinajstić information content (AvgIpc) is 2.59. The molecular formula is C14H6F6N2O4S. The normalized spacial score (nSPS) is 12.1. The summed E-state index contributed by atoms with van der Waals surface area (Å²) in [6.07, 6.45) is -0.317. The lowest BCUT2D eigenvalue weighted by Gasteiger charge is -2.07. The summed E-state index contributed by atoms with van der Waals surface area (Å²) in [5.41, 5.74) is -2.18. The number of nitro groups is 1. The van der Waals surface area contributed by atoms with Gasteiger partial charge in [0.25, 0.3) is 0 Å². The number of anilines is 1. The highest BCUT2D eigenvalue weighted by atomic mass is 32.2. The molecule has 0 aliphatic carbocycles. The molecule has 0 spiro atoms. The molecule has 2 aromatic rings. The summed E-state index contributed by atoms with van der Waals surface area (Å²) in [6, 6.07) is 3.36. The molecule has 0 heterocycles. The van der Waals surface area contributed by atoms with Crippen molar-refractivity contribution in [2.45, 2.75) is 0 Å². The molecule has 2 aromatic carbocycles. The van der Waals surface area contributed by atoms with Crippen LogP contribution in [0.5, 0.6) is 0 Å². The fourth-order valence-corrected chi connectivity index (χ4v) is 2.85. The van der Waals surface area contributed by atoms with Gasteiger partial charge in [0, 0.05) is 11.8 Å². The minimum absolute atomic E-state index is 0.317. The van der Waals surface area contributed by atoms with Gasteiger partial charge in [0.05, 0.1) is 10.5 Å². The Morgan fingerprint density at radius 2 is 1.33 bits per heavy atom. The second kappa shape index (κ2) is 7.26. The summed E-state index contributed by atoms with van der Waals surface area (Å²) in [5, 5.41) is 9.10. The first-order valence-electron chi connectivity index (χ1n) is 6.61. The van der Waals surface area contributed by atoms with Crippen molar-refractivity contribution in [1.29, 1.82) is 0 Å². The first-order valence-corrected chi connectivity index (χ1v) is 8.10. The van der Waals surface area contributed by atoms with E-state index in [0.717, 1.165) is 24.3 Å². The van der Waals surface area contributed by atoms with Gasteiger partial charge >= 0.3 is 15.1 Å². The minimum Gasteiger partial charge on any atom is -0.274 e. The van der Waals surface area contributed by atoms with Crippen molar-refractivity contribution in [3.05, 3.63) is 79.9 Å². The Hall–Kier alpha value is -3.09. The second-order valence-electron chi connectivity index (χ2n) is 4.84. The molecule has 0 aliphatic rings. The standard InChI is InChI=1S/C14H6F6N2O4S/c15-6-1-3-7(4-2-6)21-27(25,26)9(22(23)24)5-8-10(16)12(18)14(20)13(19)11(8)17/h1-5,21H. The van der Waals surface area contributed by atoms with Gasteiger partial charge in [0.15, 0.2) is 23.3 Å². The van der Waals surface area contributed by atoms with E-state index in [0.29, 0.717) is 0 Å². The summed E-state index contributed by atoms with van der Waals surface area (Å²) in [6.45, 7) is 0. The molecule has 0 saturated carbocycles. The zero-order valence-electron chi connectivity index (χ0n) is 12.6. The number of rotatable bonds is 5. The van der Waals surface area contributed by atoms with E-state index in [-0.39, 0.29) is 11.8 Å². The number of nitrogens with one attached hydrogen (secondary N) is 1. The van der Waals surface area contributed by atoms with Gasteiger partial charge in [0.2, 0.25) is 5.82 Å². The van der Waals surface area contributed by atoms with Crippen molar-refractivity contribution in [3.8, 4) is 0 Å². The summed E-state index contributed by atoms with van der Waals surface area (Å²) < 4.78 is 105. The largest absolute Gasteiger partial charge is 0.379 e. The van der Waals surface area contributed by atoms with Gasteiger partial charge in [-0.2, -0.15) is 8.42 Å². The number of nitrogens with zero attached hydrogens (tertiary/aromatic N) is 1. The third-order valence-corrected chi connectivity index (χ3v) is 4.39. The lowest BCUT2D eigenvalue weighted by Crippen LogP contribution is -2.20. The van der Waals surface area contributed by atoms with E-state index < -0.39 is 60.4 Å². The van der Waals surface area contributed by atoms with Crippen LogP contribution in [-0.4, -0.2) is 13.3 Å². The number of benzene rings is 2. The van der Waals surface area contributed by atoms with Gasteiger partial charge in [0.1, 0.15) is 5.82 Å². The Kier molecular flexibility index (Phi) is 5.44. The predicted molar refractivity (Wildman–Crippen MR) is 80.1 cm³/mol. The molecule has 0 unspecified atom stereocenters. The van der Waals surface area contributed by atoms with Gasteiger partial charge in [-0.05, 0) is 24.3 Å². The molecule has 0 aromatic heterocycles. The monoisotopic (exact) mass is 412 g/mol. The molecule has 0 amide bonds. The minimum atomic E-state index is -5.14. The Balaban J connectivity index is 2.61. The van der Waals surface area contributed by atoms with E-state index in [4.69, 9.17) is 0 Å². The molecular weight excluding hydrogens is 406 g/mol. The van der Waals surface area contributed by atoms with Crippen LogP contribution < -0.4 is 4.72 Å². The lowest BCUT2D eigenvalue weighted by atomic mass is 10.1. The number of hydrogen-bond donors (Lipinski definition) is 1. The van der Waals surface area contributed by atoms with Crippen LogP contribution in [0.4, 0.5) is 32.0 Å². The molecule has 0 aliphatic heterocycles. The van der Waals surface area contributed by atoms with Crippen molar-refractivity contribution < 1.29 is 39.7 Å². The van der Waals surface area contributed by atoms with Crippen molar-refractivity contribution >= 4 is 21.8 Å². The highest BCUT2D eigenvalue weighted by Gasteiger charge is 2.33. The molecule has 0 saturated heterocycles.